The fourth-order valence-electron chi connectivity index (χ4n) is 3.89. The second-order valence-electron chi connectivity index (χ2n) is 8.69. The van der Waals surface area contributed by atoms with Gasteiger partial charge < -0.3 is 19.5 Å². The highest BCUT2D eigenvalue weighted by atomic mass is 32.2. The average Bonchev–Trinajstić information content (AvgIpc) is 2.77. The number of carbonyl (C=O) groups is 2. The van der Waals surface area contributed by atoms with E-state index >= 15 is 0 Å². The fourth-order valence-corrected chi connectivity index (χ4v) is 5.24. The first-order valence-electron chi connectivity index (χ1n) is 11.1. The van der Waals surface area contributed by atoms with E-state index in [1.807, 2.05) is 0 Å². The molecule has 1 aliphatic heterocycles. The van der Waals surface area contributed by atoms with Crippen LogP contribution in [-0.2, 0) is 24.3 Å². The molecule has 32 heavy (non-hydrogen) atoms. The summed E-state index contributed by atoms with van der Waals surface area (Å²) in [5.41, 5.74) is 0. The highest BCUT2D eigenvalue weighted by molar-refractivity contribution is 7.89. The second kappa shape index (κ2) is 10.5. The maximum atomic E-state index is 12.9. The molecule has 1 heterocycles. The van der Waals surface area contributed by atoms with Gasteiger partial charge in [0.1, 0.15) is 19.3 Å². The lowest BCUT2D eigenvalue weighted by molar-refractivity contribution is -0.151. The number of amides is 1. The summed E-state index contributed by atoms with van der Waals surface area (Å²) >= 11 is 0. The number of ether oxygens (including phenoxy) is 3. The minimum Gasteiger partial charge on any atom is -0.486 e. The quantitative estimate of drug-likeness (QED) is 0.560. The Bertz CT molecular complexity index is 932. The van der Waals surface area contributed by atoms with Crippen molar-refractivity contribution in [1.82, 2.24) is 10.0 Å². The van der Waals surface area contributed by atoms with Gasteiger partial charge in [-0.2, -0.15) is 4.72 Å². The van der Waals surface area contributed by atoms with Gasteiger partial charge in [0.25, 0.3) is 5.91 Å². The van der Waals surface area contributed by atoms with E-state index < -0.39 is 34.6 Å². The number of carbonyl (C=O) groups excluding carboxylic acids is 2. The van der Waals surface area contributed by atoms with Crippen LogP contribution in [0.25, 0.3) is 0 Å². The zero-order valence-electron chi connectivity index (χ0n) is 18.8. The first-order chi connectivity index (χ1) is 15.2. The first kappa shape index (κ1) is 24.3. The molecule has 1 aromatic carbocycles. The normalized spacial score (nSPS) is 21.6. The summed E-state index contributed by atoms with van der Waals surface area (Å²) in [4.78, 5) is 24.8. The third-order valence-electron chi connectivity index (χ3n) is 5.83. The first-order valence-corrected chi connectivity index (χ1v) is 12.5. The zero-order chi connectivity index (χ0) is 23.3. The summed E-state index contributed by atoms with van der Waals surface area (Å²) in [5, 5.41) is 2.91. The van der Waals surface area contributed by atoms with Gasteiger partial charge in [-0.25, -0.2) is 8.42 Å². The minimum absolute atomic E-state index is 0.0516. The van der Waals surface area contributed by atoms with Crippen LogP contribution in [0.1, 0.15) is 46.5 Å². The van der Waals surface area contributed by atoms with E-state index in [9.17, 15) is 18.0 Å². The molecule has 0 radical (unpaired) electrons. The van der Waals surface area contributed by atoms with E-state index in [0.29, 0.717) is 30.6 Å². The van der Waals surface area contributed by atoms with Crippen LogP contribution in [0.15, 0.2) is 23.1 Å². The Balaban J connectivity index is 1.60. The Hall–Kier alpha value is -2.33. The van der Waals surface area contributed by atoms with E-state index in [2.05, 4.69) is 17.0 Å². The number of nitrogens with one attached hydrogen (secondary N) is 2. The standard InChI is InChI=1S/C22H32N2O7S/c1-14(2)21(22(26)31-13-20(25)23-17-7-5-4-6-15(17)3)24-32(27,28)16-8-9-18-19(12-16)30-11-10-29-18/h8-9,12,14-15,17,21,24H,4-7,10-11,13H2,1-3H3,(H,23,25). The molecule has 2 N–H and O–H groups in total. The molecular weight excluding hydrogens is 436 g/mol. The summed E-state index contributed by atoms with van der Waals surface area (Å²) in [6.07, 6.45) is 4.18. The van der Waals surface area contributed by atoms with Gasteiger partial charge in [-0.3, -0.25) is 9.59 Å². The monoisotopic (exact) mass is 468 g/mol. The summed E-state index contributed by atoms with van der Waals surface area (Å²) in [5.74, 6) is -0.396. The van der Waals surface area contributed by atoms with Crippen molar-refractivity contribution in [2.45, 2.75) is 63.4 Å². The molecule has 1 saturated carbocycles. The van der Waals surface area contributed by atoms with E-state index in [4.69, 9.17) is 14.2 Å². The molecule has 1 aromatic rings. The molecule has 0 spiro atoms. The van der Waals surface area contributed by atoms with Crippen LogP contribution in [0.4, 0.5) is 0 Å². The number of esters is 1. The summed E-state index contributed by atoms with van der Waals surface area (Å²) in [6.45, 7) is 5.76. The van der Waals surface area contributed by atoms with Crippen molar-refractivity contribution in [3.05, 3.63) is 18.2 Å². The molecule has 0 aromatic heterocycles. The van der Waals surface area contributed by atoms with E-state index in [1.165, 1.54) is 18.2 Å². The molecule has 1 fully saturated rings. The molecule has 3 atom stereocenters. The maximum absolute atomic E-state index is 12.9. The van der Waals surface area contributed by atoms with Crippen LogP contribution >= 0.6 is 0 Å². The molecule has 178 valence electrons. The highest BCUT2D eigenvalue weighted by Gasteiger charge is 2.31. The Morgan fingerprint density at radius 3 is 2.50 bits per heavy atom. The van der Waals surface area contributed by atoms with E-state index in [1.54, 1.807) is 13.8 Å². The van der Waals surface area contributed by atoms with Gasteiger partial charge in [0.15, 0.2) is 18.1 Å². The van der Waals surface area contributed by atoms with Crippen LogP contribution in [0.3, 0.4) is 0 Å². The maximum Gasteiger partial charge on any atom is 0.324 e. The number of rotatable bonds is 8. The largest absolute Gasteiger partial charge is 0.486 e. The smallest absolute Gasteiger partial charge is 0.324 e. The summed E-state index contributed by atoms with van der Waals surface area (Å²) < 4.78 is 44.2. The van der Waals surface area contributed by atoms with Crippen molar-refractivity contribution in [2.24, 2.45) is 11.8 Å². The Morgan fingerprint density at radius 2 is 1.81 bits per heavy atom. The fraction of sp³-hybridized carbons (Fsp3) is 0.636. The lowest BCUT2D eigenvalue weighted by Crippen LogP contribution is -2.47. The SMILES string of the molecule is CC(C)C(NS(=O)(=O)c1ccc2c(c1)OCCO2)C(=O)OCC(=O)NC1CCCCC1C. The molecule has 1 amide bonds. The number of hydrogen-bond donors (Lipinski definition) is 2. The second-order valence-corrected chi connectivity index (χ2v) is 10.4. The van der Waals surface area contributed by atoms with Crippen molar-refractivity contribution >= 4 is 21.9 Å². The number of fused-ring (bicyclic) bond motifs is 1. The van der Waals surface area contributed by atoms with Gasteiger partial charge in [-0.1, -0.05) is 33.6 Å². The van der Waals surface area contributed by atoms with Crippen LogP contribution in [0, 0.1) is 11.8 Å². The minimum atomic E-state index is -4.04. The highest BCUT2D eigenvalue weighted by Crippen LogP contribution is 2.32. The molecular formula is C22H32N2O7S. The average molecular weight is 469 g/mol. The molecule has 0 saturated heterocycles. The van der Waals surface area contributed by atoms with Crippen LogP contribution in [0.2, 0.25) is 0 Å². The Kier molecular flexibility index (Phi) is 8.00. The predicted octanol–water partition coefficient (Wildman–Crippen LogP) is 2.00. The van der Waals surface area contributed by atoms with Crippen LogP contribution in [-0.4, -0.2) is 52.2 Å². The third-order valence-corrected chi connectivity index (χ3v) is 7.27. The molecule has 3 rings (SSSR count). The van der Waals surface area contributed by atoms with Gasteiger partial charge in [0.2, 0.25) is 10.0 Å². The molecule has 0 bridgehead atoms. The molecule has 9 nitrogen and oxygen atoms in total. The van der Waals surface area contributed by atoms with E-state index in [0.717, 1.165) is 25.7 Å². The zero-order valence-corrected chi connectivity index (χ0v) is 19.6. The van der Waals surface area contributed by atoms with Crippen molar-refractivity contribution in [3.8, 4) is 11.5 Å². The molecule has 3 unspecified atom stereocenters. The van der Waals surface area contributed by atoms with Crippen molar-refractivity contribution in [3.63, 3.8) is 0 Å². The van der Waals surface area contributed by atoms with E-state index in [-0.39, 0.29) is 16.8 Å². The lowest BCUT2D eigenvalue weighted by Gasteiger charge is -2.29. The topological polar surface area (TPSA) is 120 Å². The Morgan fingerprint density at radius 1 is 1.12 bits per heavy atom. The van der Waals surface area contributed by atoms with Crippen molar-refractivity contribution in [2.75, 3.05) is 19.8 Å². The van der Waals surface area contributed by atoms with Crippen molar-refractivity contribution < 1.29 is 32.2 Å². The molecule has 1 aliphatic carbocycles. The predicted molar refractivity (Wildman–Crippen MR) is 117 cm³/mol. The lowest BCUT2D eigenvalue weighted by atomic mass is 9.86. The number of benzene rings is 1. The van der Waals surface area contributed by atoms with Crippen molar-refractivity contribution in [1.29, 1.82) is 0 Å². The summed E-state index contributed by atoms with van der Waals surface area (Å²) in [6, 6.07) is 3.19. The van der Waals surface area contributed by atoms with Gasteiger partial charge in [0.05, 0.1) is 4.90 Å². The number of sulfonamides is 1. The van der Waals surface area contributed by atoms with Crippen LogP contribution < -0.4 is 19.5 Å². The van der Waals surface area contributed by atoms with Gasteiger partial charge in [-0.15, -0.1) is 0 Å². The van der Waals surface area contributed by atoms with Gasteiger partial charge in [0, 0.05) is 12.1 Å². The third kappa shape index (κ3) is 6.13. The molecule has 10 heteroatoms. The van der Waals surface area contributed by atoms with Gasteiger partial charge in [-0.05, 0) is 36.8 Å². The number of hydrogen-bond acceptors (Lipinski definition) is 7. The summed E-state index contributed by atoms with van der Waals surface area (Å²) in [7, 11) is -4.04. The van der Waals surface area contributed by atoms with Gasteiger partial charge >= 0.3 is 5.97 Å². The van der Waals surface area contributed by atoms with Crippen LogP contribution in [0.5, 0.6) is 11.5 Å². The Labute approximate surface area is 189 Å². The molecule has 2 aliphatic rings.